The second-order valence-electron chi connectivity index (χ2n) is 4.68. The van der Waals surface area contributed by atoms with E-state index in [1.54, 1.807) is 0 Å². The smallest absolute Gasteiger partial charge is 0.0732 e. The van der Waals surface area contributed by atoms with Crippen LogP contribution in [0, 0.1) is 0 Å². The Hall–Kier alpha value is -0.400. The van der Waals surface area contributed by atoms with Crippen molar-refractivity contribution in [3.63, 3.8) is 0 Å². The quantitative estimate of drug-likeness (QED) is 0.535. The van der Waals surface area contributed by atoms with Gasteiger partial charge < -0.3 is 0 Å². The zero-order valence-corrected chi connectivity index (χ0v) is 8.51. The van der Waals surface area contributed by atoms with Crippen molar-refractivity contribution in [3.05, 3.63) is 0 Å². The normalized spacial score (nSPS) is 21.9. The van der Waals surface area contributed by atoms with Crippen LogP contribution in [0.5, 0.6) is 0 Å². The first-order valence-corrected chi connectivity index (χ1v) is 5.00. The van der Waals surface area contributed by atoms with Crippen molar-refractivity contribution in [2.24, 2.45) is 10.2 Å². The molecule has 0 bridgehead atoms. The zero-order valence-electron chi connectivity index (χ0n) is 8.51. The third-order valence-electron chi connectivity index (χ3n) is 2.10. The summed E-state index contributed by atoms with van der Waals surface area (Å²) in [6, 6.07) is 0.526. The van der Waals surface area contributed by atoms with Crippen LogP contribution in [0.2, 0.25) is 0 Å². The fourth-order valence-corrected chi connectivity index (χ4v) is 1.45. The van der Waals surface area contributed by atoms with Crippen LogP contribution >= 0.6 is 0 Å². The molecule has 1 fully saturated rings. The summed E-state index contributed by atoms with van der Waals surface area (Å²) in [5.74, 6) is 0. The Bertz CT molecular complexity index is 150. The van der Waals surface area contributed by atoms with E-state index in [2.05, 4.69) is 31.0 Å². The topological polar surface area (TPSA) is 24.7 Å². The molecule has 0 aromatic carbocycles. The summed E-state index contributed by atoms with van der Waals surface area (Å²) in [6.45, 7) is 6.29. The third kappa shape index (κ3) is 3.84. The predicted molar refractivity (Wildman–Crippen MR) is 51.5 cm³/mol. The molecule has 0 aliphatic heterocycles. The van der Waals surface area contributed by atoms with Gasteiger partial charge in [0.05, 0.1) is 11.6 Å². The standard InChI is InChI=1S/C10H20N2/c1-10(2,3)12-11-9-7-5-4-6-8-9/h9H,4-8H2,1-3H3/b12-11+. The number of azo groups is 1. The maximum Gasteiger partial charge on any atom is 0.0732 e. The number of hydrogen-bond donors (Lipinski definition) is 0. The van der Waals surface area contributed by atoms with Crippen LogP contribution in [-0.4, -0.2) is 11.6 Å². The van der Waals surface area contributed by atoms with Crippen LogP contribution in [0.25, 0.3) is 0 Å². The molecule has 12 heavy (non-hydrogen) atoms. The van der Waals surface area contributed by atoms with Gasteiger partial charge in [0.15, 0.2) is 0 Å². The molecule has 0 aromatic heterocycles. The van der Waals surface area contributed by atoms with Crippen molar-refractivity contribution in [1.82, 2.24) is 0 Å². The van der Waals surface area contributed by atoms with Gasteiger partial charge in [-0.1, -0.05) is 19.3 Å². The van der Waals surface area contributed by atoms with E-state index in [4.69, 9.17) is 0 Å². The number of hydrogen-bond acceptors (Lipinski definition) is 2. The van der Waals surface area contributed by atoms with E-state index in [1.165, 1.54) is 32.1 Å². The molecular formula is C10H20N2. The molecule has 1 rings (SSSR count). The van der Waals surface area contributed by atoms with Gasteiger partial charge in [0, 0.05) is 0 Å². The van der Waals surface area contributed by atoms with Crippen LogP contribution in [0.4, 0.5) is 0 Å². The van der Waals surface area contributed by atoms with Crippen LogP contribution in [0.3, 0.4) is 0 Å². The lowest BCUT2D eigenvalue weighted by molar-refractivity contribution is 0.409. The van der Waals surface area contributed by atoms with Crippen molar-refractivity contribution in [3.8, 4) is 0 Å². The molecule has 1 aliphatic carbocycles. The summed E-state index contributed by atoms with van der Waals surface area (Å²) in [4.78, 5) is 0. The van der Waals surface area contributed by atoms with Gasteiger partial charge in [-0.2, -0.15) is 10.2 Å². The minimum absolute atomic E-state index is 0.0114. The largest absolute Gasteiger partial charge is 0.190 e. The van der Waals surface area contributed by atoms with Crippen molar-refractivity contribution in [2.45, 2.75) is 64.5 Å². The second kappa shape index (κ2) is 4.01. The van der Waals surface area contributed by atoms with Gasteiger partial charge in [0.25, 0.3) is 0 Å². The van der Waals surface area contributed by atoms with E-state index in [0.29, 0.717) is 6.04 Å². The Morgan fingerprint density at radius 2 is 1.58 bits per heavy atom. The molecular weight excluding hydrogens is 148 g/mol. The lowest BCUT2D eigenvalue weighted by Gasteiger charge is -2.18. The van der Waals surface area contributed by atoms with Gasteiger partial charge in [-0.15, -0.1) is 0 Å². The molecule has 0 radical (unpaired) electrons. The average Bonchev–Trinajstić information content (AvgIpc) is 2.02. The monoisotopic (exact) mass is 168 g/mol. The van der Waals surface area contributed by atoms with Crippen LogP contribution in [0.1, 0.15) is 52.9 Å². The molecule has 0 unspecified atom stereocenters. The minimum atomic E-state index is 0.0114. The average molecular weight is 168 g/mol. The Morgan fingerprint density at radius 3 is 2.08 bits per heavy atom. The summed E-state index contributed by atoms with van der Waals surface area (Å²) in [5, 5.41) is 8.68. The lowest BCUT2D eigenvalue weighted by Crippen LogP contribution is -2.13. The first-order chi connectivity index (χ1) is 5.58. The molecule has 0 spiro atoms. The van der Waals surface area contributed by atoms with Crippen LogP contribution < -0.4 is 0 Å². The summed E-state index contributed by atoms with van der Waals surface area (Å²) in [7, 11) is 0. The fraction of sp³-hybridized carbons (Fsp3) is 1.00. The fourth-order valence-electron chi connectivity index (χ4n) is 1.45. The summed E-state index contributed by atoms with van der Waals surface area (Å²) in [6.07, 6.45) is 6.57. The Kier molecular flexibility index (Phi) is 3.24. The Labute approximate surface area is 75.5 Å². The summed E-state index contributed by atoms with van der Waals surface area (Å²) < 4.78 is 0. The van der Waals surface area contributed by atoms with Crippen molar-refractivity contribution in [1.29, 1.82) is 0 Å². The van der Waals surface area contributed by atoms with Gasteiger partial charge in [-0.3, -0.25) is 0 Å². The summed E-state index contributed by atoms with van der Waals surface area (Å²) in [5.41, 5.74) is 0.0114. The van der Waals surface area contributed by atoms with E-state index in [-0.39, 0.29) is 5.54 Å². The molecule has 1 saturated carbocycles. The molecule has 0 saturated heterocycles. The van der Waals surface area contributed by atoms with E-state index < -0.39 is 0 Å². The van der Waals surface area contributed by atoms with Crippen molar-refractivity contribution < 1.29 is 0 Å². The maximum absolute atomic E-state index is 4.38. The molecule has 2 nitrogen and oxygen atoms in total. The maximum atomic E-state index is 4.38. The minimum Gasteiger partial charge on any atom is -0.190 e. The summed E-state index contributed by atoms with van der Waals surface area (Å²) >= 11 is 0. The molecule has 0 aromatic rings. The Morgan fingerprint density at radius 1 is 1.00 bits per heavy atom. The lowest BCUT2D eigenvalue weighted by atomic mass is 9.96. The highest BCUT2D eigenvalue weighted by Gasteiger charge is 2.13. The SMILES string of the molecule is CC(C)(C)/N=N/C1CCCCC1. The van der Waals surface area contributed by atoms with E-state index in [0.717, 1.165) is 0 Å². The van der Waals surface area contributed by atoms with Crippen molar-refractivity contribution in [2.75, 3.05) is 0 Å². The van der Waals surface area contributed by atoms with Crippen LogP contribution in [-0.2, 0) is 0 Å². The highest BCUT2D eigenvalue weighted by Crippen LogP contribution is 2.21. The van der Waals surface area contributed by atoms with Crippen LogP contribution in [0.15, 0.2) is 10.2 Å². The molecule has 0 heterocycles. The van der Waals surface area contributed by atoms with Gasteiger partial charge >= 0.3 is 0 Å². The first kappa shape index (κ1) is 9.69. The van der Waals surface area contributed by atoms with E-state index >= 15 is 0 Å². The van der Waals surface area contributed by atoms with Gasteiger partial charge in [-0.05, 0) is 33.6 Å². The molecule has 2 heteroatoms. The molecule has 0 N–H and O–H groups in total. The number of rotatable bonds is 1. The van der Waals surface area contributed by atoms with Gasteiger partial charge in [0.1, 0.15) is 0 Å². The van der Waals surface area contributed by atoms with Gasteiger partial charge in [0.2, 0.25) is 0 Å². The molecule has 1 aliphatic rings. The Balaban J connectivity index is 2.33. The highest BCUT2D eigenvalue weighted by molar-refractivity contribution is 4.73. The van der Waals surface area contributed by atoms with E-state index in [9.17, 15) is 0 Å². The third-order valence-corrected chi connectivity index (χ3v) is 2.10. The predicted octanol–water partition coefficient (Wildman–Crippen LogP) is 3.57. The highest BCUT2D eigenvalue weighted by atomic mass is 15.2. The zero-order chi connectivity index (χ0) is 9.03. The molecule has 70 valence electrons. The first-order valence-electron chi connectivity index (χ1n) is 5.00. The van der Waals surface area contributed by atoms with Gasteiger partial charge in [-0.25, -0.2) is 0 Å². The molecule has 0 amide bonds. The molecule has 0 atom stereocenters. The van der Waals surface area contributed by atoms with E-state index in [1.807, 2.05) is 0 Å². The van der Waals surface area contributed by atoms with Crippen molar-refractivity contribution >= 4 is 0 Å². The second-order valence-corrected chi connectivity index (χ2v) is 4.68. The number of nitrogens with zero attached hydrogens (tertiary/aromatic N) is 2.